The average Bonchev–Trinajstić information content (AvgIpc) is 2.54. The molecule has 1 unspecified atom stereocenters. The summed E-state index contributed by atoms with van der Waals surface area (Å²) in [5.41, 5.74) is 0.469. The van der Waals surface area contributed by atoms with Gasteiger partial charge in [0.05, 0.1) is 31.4 Å². The standard InChI is InChI=1S/C15H20N2O4/c1-3-21-15(19)11-5-4-8-17(10-11)14(18)12-6-7-16-9-13(12)20-2/h6-7,9,11H,3-5,8,10H2,1-2H3. The highest BCUT2D eigenvalue weighted by Crippen LogP contribution is 2.23. The number of carbonyl (C=O) groups excluding carboxylic acids is 2. The summed E-state index contributed by atoms with van der Waals surface area (Å²) >= 11 is 0. The summed E-state index contributed by atoms with van der Waals surface area (Å²) in [6.45, 7) is 3.18. The van der Waals surface area contributed by atoms with Gasteiger partial charge in [0.2, 0.25) is 0 Å². The van der Waals surface area contributed by atoms with Crippen molar-refractivity contribution in [3.05, 3.63) is 24.0 Å². The van der Waals surface area contributed by atoms with Gasteiger partial charge in [-0.15, -0.1) is 0 Å². The fourth-order valence-electron chi connectivity index (χ4n) is 2.50. The maximum Gasteiger partial charge on any atom is 0.310 e. The zero-order chi connectivity index (χ0) is 15.2. The lowest BCUT2D eigenvalue weighted by Gasteiger charge is -2.31. The second-order valence-corrected chi connectivity index (χ2v) is 4.92. The SMILES string of the molecule is CCOC(=O)C1CCCN(C(=O)c2ccncc2OC)C1. The number of aromatic nitrogens is 1. The summed E-state index contributed by atoms with van der Waals surface area (Å²) in [6.07, 6.45) is 4.63. The van der Waals surface area contributed by atoms with Gasteiger partial charge in [-0.05, 0) is 25.8 Å². The molecule has 1 aliphatic rings. The van der Waals surface area contributed by atoms with E-state index in [4.69, 9.17) is 9.47 Å². The number of likely N-dealkylation sites (tertiary alicyclic amines) is 1. The van der Waals surface area contributed by atoms with E-state index in [1.54, 1.807) is 24.1 Å². The number of hydrogen-bond donors (Lipinski definition) is 0. The van der Waals surface area contributed by atoms with E-state index < -0.39 is 0 Å². The van der Waals surface area contributed by atoms with Gasteiger partial charge >= 0.3 is 5.97 Å². The lowest BCUT2D eigenvalue weighted by molar-refractivity contribution is -0.149. The van der Waals surface area contributed by atoms with Crippen molar-refractivity contribution in [3.63, 3.8) is 0 Å². The van der Waals surface area contributed by atoms with Gasteiger partial charge in [0.25, 0.3) is 5.91 Å². The van der Waals surface area contributed by atoms with Crippen molar-refractivity contribution in [1.82, 2.24) is 9.88 Å². The molecule has 6 heteroatoms. The molecular weight excluding hydrogens is 272 g/mol. The normalized spacial score (nSPS) is 18.2. The van der Waals surface area contributed by atoms with Gasteiger partial charge in [0, 0.05) is 19.3 Å². The van der Waals surface area contributed by atoms with Crippen molar-refractivity contribution in [2.45, 2.75) is 19.8 Å². The number of carbonyl (C=O) groups is 2. The maximum atomic E-state index is 12.6. The Morgan fingerprint density at radius 2 is 2.29 bits per heavy atom. The molecule has 1 fully saturated rings. The predicted octanol–water partition coefficient (Wildman–Crippen LogP) is 1.51. The first-order valence-electron chi connectivity index (χ1n) is 7.11. The fourth-order valence-corrected chi connectivity index (χ4v) is 2.50. The predicted molar refractivity (Wildman–Crippen MR) is 76.0 cm³/mol. The number of methoxy groups -OCH3 is 1. The second kappa shape index (κ2) is 7.06. The zero-order valence-corrected chi connectivity index (χ0v) is 12.4. The van der Waals surface area contributed by atoms with Crippen molar-refractivity contribution in [2.24, 2.45) is 5.92 Å². The van der Waals surface area contributed by atoms with E-state index in [2.05, 4.69) is 4.98 Å². The average molecular weight is 292 g/mol. The lowest BCUT2D eigenvalue weighted by atomic mass is 9.97. The first-order valence-corrected chi connectivity index (χ1v) is 7.11. The van der Waals surface area contributed by atoms with Crippen LogP contribution in [0.2, 0.25) is 0 Å². The van der Waals surface area contributed by atoms with E-state index in [1.165, 1.54) is 13.3 Å². The smallest absolute Gasteiger partial charge is 0.310 e. The lowest BCUT2D eigenvalue weighted by Crippen LogP contribution is -2.42. The molecule has 0 radical (unpaired) electrons. The summed E-state index contributed by atoms with van der Waals surface area (Å²) < 4.78 is 10.2. The van der Waals surface area contributed by atoms with Gasteiger partial charge in [-0.1, -0.05) is 0 Å². The van der Waals surface area contributed by atoms with Crippen LogP contribution in [-0.4, -0.2) is 48.6 Å². The summed E-state index contributed by atoms with van der Waals surface area (Å²) in [6, 6.07) is 1.63. The third-order valence-corrected chi connectivity index (χ3v) is 3.56. The highest BCUT2D eigenvalue weighted by Gasteiger charge is 2.30. The minimum atomic E-state index is -0.240. The van der Waals surface area contributed by atoms with Gasteiger partial charge in [0.1, 0.15) is 5.75 Å². The molecule has 1 aromatic heterocycles. The number of hydrogen-bond acceptors (Lipinski definition) is 5. The number of esters is 1. The molecule has 1 aromatic rings. The van der Waals surface area contributed by atoms with Crippen LogP contribution >= 0.6 is 0 Å². The van der Waals surface area contributed by atoms with Gasteiger partial charge in [-0.2, -0.15) is 0 Å². The second-order valence-electron chi connectivity index (χ2n) is 4.92. The Labute approximate surface area is 124 Å². The van der Waals surface area contributed by atoms with Crippen LogP contribution in [0.4, 0.5) is 0 Å². The third kappa shape index (κ3) is 3.51. The van der Waals surface area contributed by atoms with E-state index in [1.807, 2.05) is 0 Å². The van der Waals surface area contributed by atoms with E-state index in [-0.39, 0.29) is 17.8 Å². The molecule has 0 spiro atoms. The molecule has 0 aliphatic carbocycles. The Hall–Kier alpha value is -2.11. The molecule has 2 rings (SSSR count). The number of ether oxygens (including phenoxy) is 2. The number of amides is 1. The van der Waals surface area contributed by atoms with Crippen LogP contribution in [0, 0.1) is 5.92 Å². The Kier molecular flexibility index (Phi) is 5.14. The first kappa shape index (κ1) is 15.3. The van der Waals surface area contributed by atoms with Gasteiger partial charge in [0.15, 0.2) is 0 Å². The van der Waals surface area contributed by atoms with Crippen LogP contribution in [0.3, 0.4) is 0 Å². The molecule has 21 heavy (non-hydrogen) atoms. The zero-order valence-electron chi connectivity index (χ0n) is 12.4. The van der Waals surface area contributed by atoms with Crippen molar-refractivity contribution < 1.29 is 19.1 Å². The van der Waals surface area contributed by atoms with Crippen LogP contribution in [0.15, 0.2) is 18.5 Å². The van der Waals surface area contributed by atoms with E-state index in [0.29, 0.717) is 31.0 Å². The molecule has 1 amide bonds. The largest absolute Gasteiger partial charge is 0.494 e. The van der Waals surface area contributed by atoms with E-state index in [0.717, 1.165) is 12.8 Å². The molecular formula is C15H20N2O4. The molecule has 1 saturated heterocycles. The maximum absolute atomic E-state index is 12.6. The van der Waals surface area contributed by atoms with E-state index in [9.17, 15) is 9.59 Å². The molecule has 1 atom stereocenters. The minimum absolute atomic E-state index is 0.136. The Morgan fingerprint density at radius 3 is 3.00 bits per heavy atom. The number of rotatable bonds is 4. The highest BCUT2D eigenvalue weighted by molar-refractivity contribution is 5.97. The van der Waals surface area contributed by atoms with Crippen molar-refractivity contribution in [3.8, 4) is 5.75 Å². The highest BCUT2D eigenvalue weighted by atomic mass is 16.5. The van der Waals surface area contributed by atoms with Crippen LogP contribution in [0.25, 0.3) is 0 Å². The van der Waals surface area contributed by atoms with Crippen LogP contribution in [0.1, 0.15) is 30.1 Å². The first-order chi connectivity index (χ1) is 10.2. The molecule has 114 valence electrons. The molecule has 0 aromatic carbocycles. The molecule has 0 bridgehead atoms. The molecule has 6 nitrogen and oxygen atoms in total. The monoisotopic (exact) mass is 292 g/mol. The summed E-state index contributed by atoms with van der Waals surface area (Å²) in [5, 5.41) is 0. The number of nitrogens with zero attached hydrogens (tertiary/aromatic N) is 2. The topological polar surface area (TPSA) is 68.7 Å². The molecule has 1 aliphatic heterocycles. The van der Waals surface area contributed by atoms with Crippen molar-refractivity contribution >= 4 is 11.9 Å². The number of piperidine rings is 1. The van der Waals surface area contributed by atoms with Gasteiger partial charge in [-0.25, -0.2) is 0 Å². The van der Waals surface area contributed by atoms with Crippen molar-refractivity contribution in [2.75, 3.05) is 26.8 Å². The molecule has 0 saturated carbocycles. The minimum Gasteiger partial charge on any atom is -0.494 e. The quantitative estimate of drug-likeness (QED) is 0.787. The molecule has 0 N–H and O–H groups in total. The van der Waals surface area contributed by atoms with Crippen molar-refractivity contribution in [1.29, 1.82) is 0 Å². The van der Waals surface area contributed by atoms with Crippen LogP contribution < -0.4 is 4.74 Å². The van der Waals surface area contributed by atoms with Crippen LogP contribution in [0.5, 0.6) is 5.75 Å². The Morgan fingerprint density at radius 1 is 1.48 bits per heavy atom. The number of pyridine rings is 1. The summed E-state index contributed by atoms with van der Waals surface area (Å²) in [7, 11) is 1.51. The van der Waals surface area contributed by atoms with Gasteiger partial charge in [-0.3, -0.25) is 14.6 Å². The molecule has 2 heterocycles. The Balaban J connectivity index is 2.10. The van der Waals surface area contributed by atoms with Gasteiger partial charge < -0.3 is 14.4 Å². The Bertz CT molecular complexity index is 518. The van der Waals surface area contributed by atoms with Crippen LogP contribution in [-0.2, 0) is 9.53 Å². The third-order valence-electron chi connectivity index (χ3n) is 3.56. The fraction of sp³-hybridized carbons (Fsp3) is 0.533. The van der Waals surface area contributed by atoms with E-state index >= 15 is 0 Å². The summed E-state index contributed by atoms with van der Waals surface area (Å²) in [4.78, 5) is 30.0. The summed E-state index contributed by atoms with van der Waals surface area (Å²) in [5.74, 6) is -0.156.